The number of amides is 1. The van der Waals surface area contributed by atoms with E-state index in [-0.39, 0.29) is 12.0 Å². The molecule has 0 spiro atoms. The lowest BCUT2D eigenvalue weighted by Crippen LogP contribution is -2.31. The van der Waals surface area contributed by atoms with E-state index >= 15 is 0 Å². The fourth-order valence-corrected chi connectivity index (χ4v) is 3.03. The van der Waals surface area contributed by atoms with E-state index in [1.54, 1.807) is 13.1 Å². The van der Waals surface area contributed by atoms with Gasteiger partial charge in [-0.05, 0) is 18.1 Å². The number of carbonyl (C=O) groups is 2. The minimum absolute atomic E-state index is 0.215. The summed E-state index contributed by atoms with van der Waals surface area (Å²) in [7, 11) is 1.33. The first-order valence-electron chi connectivity index (χ1n) is 7.19. The largest absolute Gasteiger partial charge is 0.463 e. The van der Waals surface area contributed by atoms with Crippen molar-refractivity contribution in [2.24, 2.45) is 5.92 Å². The zero-order chi connectivity index (χ0) is 15.7. The lowest BCUT2D eigenvalue weighted by atomic mass is 9.82. The summed E-state index contributed by atoms with van der Waals surface area (Å²) in [6.45, 7) is 2.06. The maximum Gasteiger partial charge on any atom is 0.414 e. The topological polar surface area (TPSA) is 55.8 Å². The number of fused-ring (bicyclic) bond motifs is 3. The predicted molar refractivity (Wildman–Crippen MR) is 80.7 cm³/mol. The summed E-state index contributed by atoms with van der Waals surface area (Å²) < 4.78 is 9.96. The monoisotopic (exact) mass is 299 g/mol. The number of hydrogen-bond donors (Lipinski definition) is 0. The van der Waals surface area contributed by atoms with Crippen LogP contribution in [-0.2, 0) is 14.3 Å². The Morgan fingerprint density at radius 1 is 1.27 bits per heavy atom. The van der Waals surface area contributed by atoms with Gasteiger partial charge in [0.05, 0.1) is 25.3 Å². The zero-order valence-electron chi connectivity index (χ0n) is 12.5. The van der Waals surface area contributed by atoms with E-state index in [4.69, 9.17) is 9.47 Å². The number of carbonyl (C=O) groups excluding carboxylic acids is 2. The highest BCUT2D eigenvalue weighted by atomic mass is 16.5. The minimum Gasteiger partial charge on any atom is -0.463 e. The molecule has 1 aromatic carbocycles. The second kappa shape index (κ2) is 5.67. The molecule has 0 fully saturated rings. The third-order valence-electron chi connectivity index (χ3n) is 3.97. The zero-order valence-corrected chi connectivity index (χ0v) is 12.5. The van der Waals surface area contributed by atoms with Crippen LogP contribution in [0.2, 0.25) is 0 Å². The Morgan fingerprint density at radius 3 is 2.77 bits per heavy atom. The van der Waals surface area contributed by atoms with Gasteiger partial charge in [0.2, 0.25) is 0 Å². The summed E-state index contributed by atoms with van der Waals surface area (Å²) in [5.41, 5.74) is 2.51. The molecule has 0 unspecified atom stereocenters. The average molecular weight is 299 g/mol. The standard InChI is InChI=1S/C17H17NO4/c1-3-22-16(19)14-10-18(17(20)21-2)15-12-7-5-4-6-11(12)8-9-13(14)15/h4-10,13,15H,3H2,1-2H3/t13-,15-/m0/s1. The smallest absolute Gasteiger partial charge is 0.414 e. The van der Waals surface area contributed by atoms with Crippen LogP contribution in [0.4, 0.5) is 4.79 Å². The van der Waals surface area contributed by atoms with Crippen molar-refractivity contribution in [1.29, 1.82) is 0 Å². The van der Waals surface area contributed by atoms with E-state index in [0.29, 0.717) is 12.2 Å². The van der Waals surface area contributed by atoms with Gasteiger partial charge in [-0.15, -0.1) is 0 Å². The lowest BCUT2D eigenvalue weighted by molar-refractivity contribution is -0.138. The number of ether oxygens (including phenoxy) is 2. The fraction of sp³-hybridized carbons (Fsp3) is 0.294. The molecule has 0 N–H and O–H groups in total. The number of nitrogens with zero attached hydrogens (tertiary/aromatic N) is 1. The molecule has 1 aliphatic heterocycles. The molecule has 0 aromatic heterocycles. The van der Waals surface area contributed by atoms with Crippen LogP contribution in [0.1, 0.15) is 24.1 Å². The summed E-state index contributed by atoms with van der Waals surface area (Å²) in [6, 6.07) is 7.55. The molecule has 3 rings (SSSR count). The quantitative estimate of drug-likeness (QED) is 0.788. The van der Waals surface area contributed by atoms with Gasteiger partial charge in [0, 0.05) is 12.1 Å². The van der Waals surface area contributed by atoms with E-state index in [2.05, 4.69) is 0 Å². The van der Waals surface area contributed by atoms with Crippen molar-refractivity contribution in [2.45, 2.75) is 13.0 Å². The predicted octanol–water partition coefficient (Wildman–Crippen LogP) is 2.90. The maximum atomic E-state index is 12.2. The van der Waals surface area contributed by atoms with Crippen molar-refractivity contribution in [2.75, 3.05) is 13.7 Å². The third-order valence-corrected chi connectivity index (χ3v) is 3.97. The van der Waals surface area contributed by atoms with Gasteiger partial charge in [0.25, 0.3) is 0 Å². The molecule has 0 bridgehead atoms. The van der Waals surface area contributed by atoms with E-state index in [1.165, 1.54) is 12.0 Å². The molecule has 1 aromatic rings. The molecule has 2 aliphatic rings. The summed E-state index contributed by atoms with van der Waals surface area (Å²) in [4.78, 5) is 25.7. The van der Waals surface area contributed by atoms with Crippen molar-refractivity contribution >= 4 is 18.1 Å². The molecule has 0 radical (unpaired) electrons. The minimum atomic E-state index is -0.487. The highest BCUT2D eigenvalue weighted by molar-refractivity contribution is 5.92. The van der Waals surface area contributed by atoms with Gasteiger partial charge in [-0.3, -0.25) is 4.90 Å². The normalized spacial score (nSPS) is 21.7. The Hall–Kier alpha value is -2.56. The number of rotatable bonds is 2. The molecular weight excluding hydrogens is 282 g/mol. The molecule has 114 valence electrons. The molecule has 22 heavy (non-hydrogen) atoms. The third kappa shape index (κ3) is 2.19. The average Bonchev–Trinajstić information content (AvgIpc) is 2.94. The second-order valence-corrected chi connectivity index (χ2v) is 5.14. The molecule has 0 saturated carbocycles. The van der Waals surface area contributed by atoms with Crippen LogP contribution in [0.15, 0.2) is 42.1 Å². The number of methoxy groups -OCH3 is 1. The Labute approximate surface area is 128 Å². The Balaban J connectivity index is 2.05. The van der Waals surface area contributed by atoms with Gasteiger partial charge < -0.3 is 9.47 Å². The van der Waals surface area contributed by atoms with Crippen LogP contribution in [0.5, 0.6) is 0 Å². The van der Waals surface area contributed by atoms with Gasteiger partial charge in [0.15, 0.2) is 0 Å². The van der Waals surface area contributed by atoms with Crippen LogP contribution in [0.25, 0.3) is 6.08 Å². The maximum absolute atomic E-state index is 12.2. The van der Waals surface area contributed by atoms with Crippen LogP contribution in [0.3, 0.4) is 0 Å². The van der Waals surface area contributed by atoms with Crippen LogP contribution >= 0.6 is 0 Å². The molecule has 0 saturated heterocycles. The van der Waals surface area contributed by atoms with E-state index in [1.807, 2.05) is 36.4 Å². The van der Waals surface area contributed by atoms with E-state index < -0.39 is 12.1 Å². The van der Waals surface area contributed by atoms with Crippen molar-refractivity contribution < 1.29 is 19.1 Å². The molecule has 5 heteroatoms. The summed E-state index contributed by atoms with van der Waals surface area (Å²) in [6.07, 6.45) is 4.98. The van der Waals surface area contributed by atoms with Crippen LogP contribution in [-0.4, -0.2) is 30.7 Å². The second-order valence-electron chi connectivity index (χ2n) is 5.14. The molecule has 1 amide bonds. The number of hydrogen-bond acceptors (Lipinski definition) is 4. The van der Waals surface area contributed by atoms with Crippen molar-refractivity contribution in [3.63, 3.8) is 0 Å². The first kappa shape index (κ1) is 14.4. The highest BCUT2D eigenvalue weighted by Crippen LogP contribution is 2.45. The fourth-order valence-electron chi connectivity index (χ4n) is 3.03. The number of benzene rings is 1. The summed E-state index contributed by atoms with van der Waals surface area (Å²) in [5.74, 6) is -0.610. The first-order chi connectivity index (χ1) is 10.7. The Morgan fingerprint density at radius 2 is 2.05 bits per heavy atom. The van der Waals surface area contributed by atoms with Crippen molar-refractivity contribution in [3.05, 3.63) is 53.2 Å². The lowest BCUT2D eigenvalue weighted by Gasteiger charge is -2.30. The van der Waals surface area contributed by atoms with Gasteiger partial charge in [-0.2, -0.15) is 0 Å². The SMILES string of the molecule is CCOC(=O)C1=CN(C(=O)OC)[C@H]2c3ccccc3C=C[C@@H]12. The number of esters is 1. The van der Waals surface area contributed by atoms with Crippen molar-refractivity contribution in [3.8, 4) is 0 Å². The molecule has 5 nitrogen and oxygen atoms in total. The summed E-state index contributed by atoms with van der Waals surface area (Å²) in [5, 5.41) is 0. The van der Waals surface area contributed by atoms with Gasteiger partial charge in [0.1, 0.15) is 0 Å². The van der Waals surface area contributed by atoms with Gasteiger partial charge in [-0.25, -0.2) is 9.59 Å². The molecule has 1 heterocycles. The first-order valence-corrected chi connectivity index (χ1v) is 7.19. The highest BCUT2D eigenvalue weighted by Gasteiger charge is 2.43. The van der Waals surface area contributed by atoms with Crippen LogP contribution < -0.4 is 0 Å². The van der Waals surface area contributed by atoms with Crippen LogP contribution in [0, 0.1) is 5.92 Å². The van der Waals surface area contributed by atoms with E-state index in [9.17, 15) is 9.59 Å². The van der Waals surface area contributed by atoms with Gasteiger partial charge in [-0.1, -0.05) is 36.4 Å². The molecule has 2 atom stereocenters. The Kier molecular flexibility index (Phi) is 3.71. The molecule has 1 aliphatic carbocycles. The Bertz CT molecular complexity index is 677. The molecular formula is C17H17NO4. The van der Waals surface area contributed by atoms with E-state index in [0.717, 1.165) is 11.1 Å². The summed E-state index contributed by atoms with van der Waals surface area (Å²) >= 11 is 0. The van der Waals surface area contributed by atoms with Crippen molar-refractivity contribution in [1.82, 2.24) is 4.90 Å². The van der Waals surface area contributed by atoms with Gasteiger partial charge >= 0.3 is 12.1 Å².